The zero-order valence-electron chi connectivity index (χ0n) is 24.9. The molecule has 3 aromatic rings. The van der Waals surface area contributed by atoms with Gasteiger partial charge < -0.3 is 31.5 Å². The highest BCUT2D eigenvalue weighted by Crippen LogP contribution is 2.53. The highest BCUT2D eigenvalue weighted by Gasteiger charge is 2.64. The Balaban J connectivity index is 1.40. The molecule has 1 saturated carbocycles. The lowest BCUT2D eigenvalue weighted by molar-refractivity contribution is -0.153. The summed E-state index contributed by atoms with van der Waals surface area (Å²) in [6.45, 7) is 1.31. The number of benzene rings is 3. The first kappa shape index (κ1) is 30.3. The van der Waals surface area contributed by atoms with Crippen molar-refractivity contribution in [2.45, 2.75) is 37.6 Å². The summed E-state index contributed by atoms with van der Waals surface area (Å²) in [7, 11) is 3.15. The molecule has 1 unspecified atom stereocenters. The minimum absolute atomic E-state index is 0.0320. The van der Waals surface area contributed by atoms with E-state index in [-0.39, 0.29) is 29.7 Å². The molecular weight excluding hydrogens is 574 g/mol. The fourth-order valence-corrected chi connectivity index (χ4v) is 7.31. The lowest BCUT2D eigenvalue weighted by Gasteiger charge is -2.50. The van der Waals surface area contributed by atoms with Gasteiger partial charge in [-0.2, -0.15) is 0 Å². The largest absolute Gasteiger partial charge is 0.508 e. The molecule has 3 aromatic carbocycles. The Morgan fingerprint density at radius 3 is 2.36 bits per heavy atom. The maximum Gasteiger partial charge on any atom is 0.255 e. The Bertz CT molecular complexity index is 1800. The molecule has 45 heavy (non-hydrogen) atoms. The predicted molar refractivity (Wildman–Crippen MR) is 167 cm³/mol. The van der Waals surface area contributed by atoms with E-state index >= 15 is 0 Å². The molecule has 1 amide bonds. The number of phenols is 1. The van der Waals surface area contributed by atoms with Gasteiger partial charge in [0.15, 0.2) is 11.4 Å². The van der Waals surface area contributed by atoms with Gasteiger partial charge in [0, 0.05) is 24.6 Å². The highest BCUT2D eigenvalue weighted by molar-refractivity contribution is 6.24. The summed E-state index contributed by atoms with van der Waals surface area (Å²) in [5, 5.41) is 48.7. The number of carbonyl (C=O) groups excluding carboxylic acids is 3. The minimum atomic E-state index is -2.67. The molecule has 6 rings (SSSR count). The van der Waals surface area contributed by atoms with E-state index in [2.05, 4.69) is 17.4 Å². The van der Waals surface area contributed by atoms with Crippen molar-refractivity contribution in [2.75, 3.05) is 14.1 Å². The van der Waals surface area contributed by atoms with E-state index in [1.807, 2.05) is 42.5 Å². The fraction of sp³-hybridized carbons (Fsp3) is 0.286. The van der Waals surface area contributed by atoms with Crippen LogP contribution >= 0.6 is 0 Å². The number of nitrogens with zero attached hydrogens (tertiary/aromatic N) is 1. The van der Waals surface area contributed by atoms with Gasteiger partial charge >= 0.3 is 0 Å². The number of phenolic OH excluding ortho intramolecular Hbond substituents is 1. The average Bonchev–Trinajstić information content (AvgIpc) is 2.99. The molecule has 0 radical (unpaired) electrons. The van der Waals surface area contributed by atoms with Crippen LogP contribution in [0.3, 0.4) is 0 Å². The number of rotatable bonds is 7. The Labute approximate surface area is 260 Å². The van der Waals surface area contributed by atoms with Crippen molar-refractivity contribution in [1.82, 2.24) is 10.2 Å². The van der Waals surface area contributed by atoms with Crippen LogP contribution in [0.15, 0.2) is 83.6 Å². The second-order valence-corrected chi connectivity index (χ2v) is 12.2. The van der Waals surface area contributed by atoms with Crippen molar-refractivity contribution in [1.29, 1.82) is 0 Å². The molecule has 10 nitrogen and oxygen atoms in total. The summed E-state index contributed by atoms with van der Waals surface area (Å²) in [4.78, 5) is 41.1. The molecule has 0 aromatic heterocycles. The third-order valence-corrected chi connectivity index (χ3v) is 9.34. The number of primary amides is 1. The van der Waals surface area contributed by atoms with Gasteiger partial charge in [-0.3, -0.25) is 19.3 Å². The summed E-state index contributed by atoms with van der Waals surface area (Å²) >= 11 is 0. The van der Waals surface area contributed by atoms with E-state index in [0.29, 0.717) is 18.7 Å². The summed E-state index contributed by atoms with van der Waals surface area (Å²) in [6.07, 6.45) is 0.249. The number of Topliss-reactive ketones (excluding diaryl/α,β-unsaturated/α-hetero) is 2. The first-order chi connectivity index (χ1) is 21.4. The number of nitrogens with one attached hydrogen (secondary N) is 1. The number of likely N-dealkylation sites (N-methyl/N-ethyl adjacent to an activating group) is 1. The van der Waals surface area contributed by atoms with Crippen LogP contribution in [0, 0.1) is 11.8 Å². The molecule has 0 saturated heterocycles. The number of carbonyl (C=O) groups is 3. The number of amides is 1. The standard InChI is InChI=1S/C35H35N3O7/c1-38(2)29-24-15-21-14-23-22(20-10-6-9-19(13-20)17-37-16-18-7-4-3-5-8-18)11-12-25(39)27(23)30(40)26(21)32(42)35(24,45)33(43)28(31(29)41)34(36)44/h3-13,21,24,29,37,39-40,43,45H,14-17H2,1-2H3,(H2,36,44)/t21-,24+,29+,35?/m0/s1. The van der Waals surface area contributed by atoms with Crippen LogP contribution in [-0.4, -0.2) is 68.5 Å². The molecule has 4 atom stereocenters. The summed E-state index contributed by atoms with van der Waals surface area (Å²) in [5.41, 5.74) is 6.22. The van der Waals surface area contributed by atoms with Crippen LogP contribution in [0.25, 0.3) is 16.9 Å². The molecule has 0 aliphatic heterocycles. The molecule has 7 N–H and O–H groups in total. The van der Waals surface area contributed by atoms with Crippen molar-refractivity contribution >= 4 is 23.2 Å². The number of nitrogens with two attached hydrogens (primary N) is 1. The van der Waals surface area contributed by atoms with Gasteiger partial charge in [0.05, 0.1) is 11.6 Å². The van der Waals surface area contributed by atoms with Gasteiger partial charge in [0.1, 0.15) is 22.8 Å². The zero-order chi connectivity index (χ0) is 32.2. The van der Waals surface area contributed by atoms with Crippen molar-refractivity contribution in [3.8, 4) is 16.9 Å². The van der Waals surface area contributed by atoms with Gasteiger partial charge in [-0.1, -0.05) is 54.6 Å². The number of ketones is 2. The van der Waals surface area contributed by atoms with E-state index in [0.717, 1.165) is 16.7 Å². The van der Waals surface area contributed by atoms with Crippen LogP contribution in [0.5, 0.6) is 5.75 Å². The monoisotopic (exact) mass is 609 g/mol. The van der Waals surface area contributed by atoms with E-state index < -0.39 is 58.0 Å². The molecule has 232 valence electrons. The quantitative estimate of drug-likeness (QED) is 0.220. The normalized spacial score (nSPS) is 24.4. The highest BCUT2D eigenvalue weighted by atomic mass is 16.3. The van der Waals surface area contributed by atoms with E-state index in [9.17, 15) is 34.8 Å². The molecular formula is C35H35N3O7. The molecule has 3 aliphatic rings. The van der Waals surface area contributed by atoms with Crippen molar-refractivity contribution < 1.29 is 34.8 Å². The van der Waals surface area contributed by atoms with Gasteiger partial charge in [-0.25, -0.2) is 0 Å². The van der Waals surface area contributed by atoms with E-state index in [4.69, 9.17) is 5.73 Å². The molecule has 0 bridgehead atoms. The Morgan fingerprint density at radius 1 is 0.978 bits per heavy atom. The van der Waals surface area contributed by atoms with Gasteiger partial charge in [0.2, 0.25) is 5.78 Å². The molecule has 3 aliphatic carbocycles. The van der Waals surface area contributed by atoms with Gasteiger partial charge in [-0.05, 0) is 72.8 Å². The topological polar surface area (TPSA) is 173 Å². The number of fused-ring (bicyclic) bond motifs is 3. The third kappa shape index (κ3) is 4.82. The number of hydrogen-bond acceptors (Lipinski definition) is 9. The minimum Gasteiger partial charge on any atom is -0.508 e. The smallest absolute Gasteiger partial charge is 0.255 e. The number of aromatic hydroxyl groups is 1. The van der Waals surface area contributed by atoms with Crippen LogP contribution in [0.4, 0.5) is 0 Å². The second kappa shape index (κ2) is 11.3. The number of aliphatic hydroxyl groups is 3. The Kier molecular flexibility index (Phi) is 7.60. The number of hydrogen-bond donors (Lipinski definition) is 6. The van der Waals surface area contributed by atoms with Gasteiger partial charge in [-0.15, -0.1) is 0 Å². The average molecular weight is 610 g/mol. The number of aliphatic hydroxyl groups excluding tert-OH is 2. The maximum atomic E-state index is 14.1. The van der Waals surface area contributed by atoms with Crippen LogP contribution in [0.1, 0.15) is 28.7 Å². The lowest BCUT2D eigenvalue weighted by atomic mass is 9.57. The molecule has 1 fully saturated rings. The van der Waals surface area contributed by atoms with Crippen molar-refractivity contribution in [3.63, 3.8) is 0 Å². The van der Waals surface area contributed by atoms with Crippen LogP contribution < -0.4 is 11.1 Å². The van der Waals surface area contributed by atoms with E-state index in [1.54, 1.807) is 20.2 Å². The summed E-state index contributed by atoms with van der Waals surface area (Å²) < 4.78 is 0. The SMILES string of the molecule is CN(C)[C@H]1C(=O)C(C(N)=O)=C(O)C2(O)C(=O)C3=C(O)c4c(O)ccc(-c5cccc(CNCc6ccccc6)c5)c4C[C@H]3C[C@H]12. The Morgan fingerprint density at radius 2 is 1.67 bits per heavy atom. The Hall–Kier alpha value is -4.77. The summed E-state index contributed by atoms with van der Waals surface area (Å²) in [6, 6.07) is 20.0. The predicted octanol–water partition coefficient (Wildman–Crippen LogP) is 2.92. The van der Waals surface area contributed by atoms with Crippen LogP contribution in [0.2, 0.25) is 0 Å². The van der Waals surface area contributed by atoms with Crippen molar-refractivity contribution in [3.05, 3.63) is 106 Å². The van der Waals surface area contributed by atoms with Crippen molar-refractivity contribution in [2.24, 2.45) is 17.6 Å². The first-order valence-corrected chi connectivity index (χ1v) is 14.8. The second-order valence-electron chi connectivity index (χ2n) is 12.2. The zero-order valence-corrected chi connectivity index (χ0v) is 24.9. The van der Waals surface area contributed by atoms with Crippen LogP contribution in [-0.2, 0) is 33.9 Å². The molecule has 10 heteroatoms. The summed E-state index contributed by atoms with van der Waals surface area (Å²) in [5.74, 6) is -6.71. The molecule has 0 heterocycles. The molecule has 0 spiro atoms. The lowest BCUT2D eigenvalue weighted by Crippen LogP contribution is -2.65. The first-order valence-electron chi connectivity index (χ1n) is 14.8. The maximum absolute atomic E-state index is 14.1. The fourth-order valence-electron chi connectivity index (χ4n) is 7.31. The van der Waals surface area contributed by atoms with E-state index in [1.165, 1.54) is 16.5 Å². The van der Waals surface area contributed by atoms with Gasteiger partial charge in [0.25, 0.3) is 5.91 Å². The third-order valence-electron chi connectivity index (χ3n) is 9.34.